The Morgan fingerprint density at radius 1 is 1.62 bits per heavy atom. The molecule has 2 amide bonds. The van der Waals surface area contributed by atoms with Crippen LogP contribution in [0.25, 0.3) is 0 Å². The van der Waals surface area contributed by atoms with Crippen LogP contribution in [0.4, 0.5) is 4.79 Å². The van der Waals surface area contributed by atoms with Crippen LogP contribution in [-0.2, 0) is 9.63 Å². The van der Waals surface area contributed by atoms with Gasteiger partial charge in [-0.1, -0.05) is 5.16 Å². The van der Waals surface area contributed by atoms with Crippen molar-refractivity contribution in [3.05, 3.63) is 0 Å². The van der Waals surface area contributed by atoms with Gasteiger partial charge in [-0.05, 0) is 6.92 Å². The van der Waals surface area contributed by atoms with E-state index in [2.05, 4.69) is 15.3 Å². The van der Waals surface area contributed by atoms with Crippen molar-refractivity contribution in [2.45, 2.75) is 13.8 Å². The van der Waals surface area contributed by atoms with Crippen molar-refractivity contribution in [2.75, 3.05) is 13.6 Å². The minimum atomic E-state index is -0.566. The second-order valence-corrected chi connectivity index (χ2v) is 2.31. The number of carbonyl (C=O) groups is 2. The number of nitrogens with zero attached hydrogens (tertiary/aromatic N) is 2. The molecule has 1 N–H and O–H groups in total. The maximum absolute atomic E-state index is 10.9. The van der Waals surface area contributed by atoms with Crippen molar-refractivity contribution in [3.8, 4) is 0 Å². The number of carbonyl (C=O) groups excluding carboxylic acids is 2. The van der Waals surface area contributed by atoms with Gasteiger partial charge in [-0.3, -0.25) is 9.63 Å². The van der Waals surface area contributed by atoms with Crippen LogP contribution in [0.1, 0.15) is 13.8 Å². The molecule has 0 aromatic carbocycles. The van der Waals surface area contributed by atoms with E-state index in [-0.39, 0.29) is 5.91 Å². The molecule has 0 unspecified atom stereocenters. The van der Waals surface area contributed by atoms with Gasteiger partial charge in [-0.2, -0.15) is 0 Å². The highest BCUT2D eigenvalue weighted by Crippen LogP contribution is 1.88. The molecule has 0 fully saturated rings. The molecule has 0 aliphatic heterocycles. The molecule has 0 aromatic rings. The number of hydrogen-bond acceptors (Lipinski definition) is 4. The molecule has 13 heavy (non-hydrogen) atoms. The largest absolute Gasteiger partial charge is 0.435 e. The summed E-state index contributed by atoms with van der Waals surface area (Å²) in [4.78, 5) is 26.9. The van der Waals surface area contributed by atoms with Gasteiger partial charge < -0.3 is 10.2 Å². The fraction of sp³-hybridized carbons (Fsp3) is 0.571. The average molecular weight is 187 g/mol. The van der Waals surface area contributed by atoms with Gasteiger partial charge in [0.2, 0.25) is 5.91 Å². The molecule has 0 radical (unpaired) electrons. The highest BCUT2D eigenvalue weighted by atomic mass is 16.7. The zero-order valence-corrected chi connectivity index (χ0v) is 7.90. The van der Waals surface area contributed by atoms with E-state index in [1.54, 1.807) is 14.0 Å². The van der Waals surface area contributed by atoms with Crippen molar-refractivity contribution < 1.29 is 14.4 Å². The maximum Gasteiger partial charge on any atom is 0.435 e. The Morgan fingerprint density at radius 3 is 2.69 bits per heavy atom. The van der Waals surface area contributed by atoms with E-state index in [0.29, 0.717) is 6.54 Å². The molecule has 0 bridgehead atoms. The third kappa shape index (κ3) is 5.66. The maximum atomic E-state index is 10.9. The topological polar surface area (TPSA) is 71.0 Å². The number of amides is 2. The first-order chi connectivity index (χ1) is 6.07. The summed E-state index contributed by atoms with van der Waals surface area (Å²) in [6, 6.07) is 0. The minimum Gasteiger partial charge on any atom is -0.314 e. The van der Waals surface area contributed by atoms with Gasteiger partial charge in [0.25, 0.3) is 0 Å². The van der Waals surface area contributed by atoms with Crippen LogP contribution in [0.15, 0.2) is 5.16 Å². The fourth-order valence-electron chi connectivity index (χ4n) is 0.387. The summed E-state index contributed by atoms with van der Waals surface area (Å²) in [6.07, 6.45) is 0.452. The Kier molecular flexibility index (Phi) is 5.25. The second-order valence-electron chi connectivity index (χ2n) is 2.31. The summed E-state index contributed by atoms with van der Waals surface area (Å²) in [5.74, 6) is -0.274. The number of rotatable bonds is 3. The lowest BCUT2D eigenvalue weighted by Gasteiger charge is -2.10. The zero-order chi connectivity index (χ0) is 10.3. The highest BCUT2D eigenvalue weighted by Gasteiger charge is 2.05. The number of hydrogen-bond donors (Lipinski definition) is 1. The molecule has 0 saturated carbocycles. The second kappa shape index (κ2) is 5.99. The minimum absolute atomic E-state index is 0.274. The zero-order valence-electron chi connectivity index (χ0n) is 7.90. The van der Waals surface area contributed by atoms with Crippen LogP contribution < -0.4 is 5.32 Å². The summed E-state index contributed by atoms with van der Waals surface area (Å²) >= 11 is 0. The SMILES string of the molecule is CCN(C)C(=O)ON=CNC(C)=O. The molecular formula is C7H13N3O3. The summed E-state index contributed by atoms with van der Waals surface area (Å²) in [6.45, 7) is 3.67. The van der Waals surface area contributed by atoms with Crippen LogP contribution in [0.2, 0.25) is 0 Å². The Hall–Kier alpha value is -1.59. The first-order valence-electron chi connectivity index (χ1n) is 3.79. The summed E-state index contributed by atoms with van der Waals surface area (Å²) in [5.41, 5.74) is 0. The molecule has 0 spiro atoms. The van der Waals surface area contributed by atoms with Gasteiger partial charge in [0.05, 0.1) is 0 Å². The quantitative estimate of drug-likeness (QED) is 0.296. The van der Waals surface area contributed by atoms with Crippen molar-refractivity contribution in [1.82, 2.24) is 10.2 Å². The molecule has 0 aliphatic carbocycles. The summed E-state index contributed by atoms with van der Waals surface area (Å²) in [5, 5.41) is 5.46. The first-order valence-corrected chi connectivity index (χ1v) is 3.79. The van der Waals surface area contributed by atoms with E-state index in [0.717, 1.165) is 6.34 Å². The molecule has 0 aliphatic rings. The predicted octanol–water partition coefficient (Wildman–Crippen LogP) is 0.154. The Bertz CT molecular complexity index is 215. The molecule has 0 heterocycles. The van der Waals surface area contributed by atoms with E-state index in [1.165, 1.54) is 11.8 Å². The Labute approximate surface area is 76.5 Å². The van der Waals surface area contributed by atoms with E-state index < -0.39 is 6.09 Å². The Balaban J connectivity index is 3.69. The normalized spacial score (nSPS) is 9.77. The standard InChI is InChI=1S/C7H13N3O3/c1-4-10(3)7(12)13-9-5-8-6(2)11/h5H,4H2,1-3H3,(H,8,9,11). The molecule has 0 atom stereocenters. The third-order valence-corrected chi connectivity index (χ3v) is 1.24. The molecular weight excluding hydrogens is 174 g/mol. The number of oxime groups is 1. The molecule has 74 valence electrons. The van der Waals surface area contributed by atoms with E-state index in [1.807, 2.05) is 0 Å². The van der Waals surface area contributed by atoms with Crippen LogP contribution in [0.3, 0.4) is 0 Å². The molecule has 6 nitrogen and oxygen atoms in total. The van der Waals surface area contributed by atoms with Gasteiger partial charge in [0, 0.05) is 20.5 Å². The molecule has 0 rings (SSSR count). The van der Waals surface area contributed by atoms with Gasteiger partial charge in [0.15, 0.2) is 0 Å². The van der Waals surface area contributed by atoms with Gasteiger partial charge in [-0.25, -0.2) is 4.79 Å². The lowest BCUT2D eigenvalue weighted by Crippen LogP contribution is -2.26. The van der Waals surface area contributed by atoms with E-state index in [4.69, 9.17) is 0 Å². The molecule has 0 saturated heterocycles. The van der Waals surface area contributed by atoms with Gasteiger partial charge >= 0.3 is 6.09 Å². The summed E-state index contributed by atoms with van der Waals surface area (Å²) in [7, 11) is 1.58. The van der Waals surface area contributed by atoms with Crippen molar-refractivity contribution in [1.29, 1.82) is 0 Å². The van der Waals surface area contributed by atoms with Crippen molar-refractivity contribution >= 4 is 18.3 Å². The van der Waals surface area contributed by atoms with Crippen LogP contribution >= 0.6 is 0 Å². The highest BCUT2D eigenvalue weighted by molar-refractivity contribution is 5.85. The van der Waals surface area contributed by atoms with Crippen LogP contribution in [-0.4, -0.2) is 36.8 Å². The third-order valence-electron chi connectivity index (χ3n) is 1.24. The van der Waals surface area contributed by atoms with Gasteiger partial charge in [0.1, 0.15) is 6.34 Å². The fourth-order valence-corrected chi connectivity index (χ4v) is 0.387. The monoisotopic (exact) mass is 187 g/mol. The van der Waals surface area contributed by atoms with Crippen LogP contribution in [0, 0.1) is 0 Å². The first kappa shape index (κ1) is 11.4. The van der Waals surface area contributed by atoms with E-state index >= 15 is 0 Å². The smallest absolute Gasteiger partial charge is 0.314 e. The van der Waals surface area contributed by atoms with Gasteiger partial charge in [-0.15, -0.1) is 0 Å². The van der Waals surface area contributed by atoms with Crippen molar-refractivity contribution in [2.24, 2.45) is 5.16 Å². The van der Waals surface area contributed by atoms with E-state index in [9.17, 15) is 9.59 Å². The molecule has 0 aromatic heterocycles. The number of nitrogens with one attached hydrogen (secondary N) is 1. The molecule has 6 heteroatoms. The predicted molar refractivity (Wildman–Crippen MR) is 47.1 cm³/mol. The van der Waals surface area contributed by atoms with Crippen LogP contribution in [0.5, 0.6) is 0 Å². The Morgan fingerprint density at radius 2 is 2.23 bits per heavy atom. The summed E-state index contributed by atoms with van der Waals surface area (Å²) < 4.78 is 0. The lowest BCUT2D eigenvalue weighted by atomic mass is 10.7. The van der Waals surface area contributed by atoms with Crippen molar-refractivity contribution in [3.63, 3.8) is 0 Å². The average Bonchev–Trinajstić information content (AvgIpc) is 2.10. The lowest BCUT2D eigenvalue weighted by molar-refractivity contribution is -0.117.